The second-order valence-corrected chi connectivity index (χ2v) is 4.64. The Bertz CT molecular complexity index is 496. The molecule has 0 unspecified atom stereocenters. The quantitative estimate of drug-likeness (QED) is 0.556. The molecule has 1 aromatic carbocycles. The maximum atomic E-state index is 5.82. The first-order valence-electron chi connectivity index (χ1n) is 7.03. The van der Waals surface area contributed by atoms with Crippen LogP contribution in [0, 0.1) is 12.3 Å². The second-order valence-electron chi connectivity index (χ2n) is 4.64. The van der Waals surface area contributed by atoms with E-state index in [0.717, 1.165) is 35.8 Å². The van der Waals surface area contributed by atoms with Gasteiger partial charge in [-0.1, -0.05) is 0 Å². The molecular formula is C16H21NO4. The van der Waals surface area contributed by atoms with Crippen LogP contribution in [0.25, 0.3) is 0 Å². The van der Waals surface area contributed by atoms with Crippen LogP contribution in [0.2, 0.25) is 0 Å². The third-order valence-corrected chi connectivity index (χ3v) is 3.08. The first-order valence-corrected chi connectivity index (χ1v) is 7.03. The van der Waals surface area contributed by atoms with Crippen LogP contribution in [-0.2, 0) is 11.3 Å². The highest BCUT2D eigenvalue weighted by Gasteiger charge is 2.17. The van der Waals surface area contributed by atoms with Gasteiger partial charge >= 0.3 is 0 Å². The van der Waals surface area contributed by atoms with E-state index < -0.39 is 0 Å². The maximum Gasteiger partial charge on any atom is 0.231 e. The minimum Gasteiger partial charge on any atom is -0.493 e. The Morgan fingerprint density at radius 3 is 2.86 bits per heavy atom. The highest BCUT2D eigenvalue weighted by Crippen LogP contribution is 2.38. The van der Waals surface area contributed by atoms with Crippen molar-refractivity contribution in [1.29, 1.82) is 0 Å². The third-order valence-electron chi connectivity index (χ3n) is 3.08. The van der Waals surface area contributed by atoms with Gasteiger partial charge in [-0.15, -0.1) is 12.3 Å². The molecule has 1 aliphatic rings. The summed E-state index contributed by atoms with van der Waals surface area (Å²) in [7, 11) is 1.68. The van der Waals surface area contributed by atoms with Crippen LogP contribution in [0.5, 0.6) is 17.2 Å². The summed E-state index contributed by atoms with van der Waals surface area (Å²) in [6.45, 7) is 2.98. The summed E-state index contributed by atoms with van der Waals surface area (Å²) in [5, 5.41) is 3.30. The lowest BCUT2D eigenvalue weighted by Crippen LogP contribution is -2.19. The topological polar surface area (TPSA) is 49.0 Å². The van der Waals surface area contributed by atoms with Crippen LogP contribution in [0.1, 0.15) is 18.4 Å². The number of rotatable bonds is 9. The fourth-order valence-corrected chi connectivity index (χ4v) is 1.99. The lowest BCUT2D eigenvalue weighted by molar-refractivity contribution is 0.173. The third kappa shape index (κ3) is 4.55. The molecule has 5 heteroatoms. The van der Waals surface area contributed by atoms with E-state index in [1.807, 2.05) is 12.1 Å². The van der Waals surface area contributed by atoms with E-state index in [0.29, 0.717) is 26.2 Å². The normalized spacial score (nSPS) is 12.2. The molecule has 0 atom stereocenters. The van der Waals surface area contributed by atoms with Crippen molar-refractivity contribution in [3.63, 3.8) is 0 Å². The Morgan fingerprint density at radius 2 is 2.10 bits per heavy atom. The number of methoxy groups -OCH3 is 1. The standard InChI is InChI=1S/C16H21NO4/c1-3-4-5-7-19-14-10-16-15(20-12-21-16)9-13(14)11-17-6-8-18-2/h1,9-10,17H,4-8,11-12H2,2H3. The van der Waals surface area contributed by atoms with E-state index in [9.17, 15) is 0 Å². The zero-order valence-corrected chi connectivity index (χ0v) is 12.3. The van der Waals surface area contributed by atoms with Gasteiger partial charge in [0.05, 0.1) is 13.2 Å². The Labute approximate surface area is 125 Å². The van der Waals surface area contributed by atoms with E-state index in [2.05, 4.69) is 11.2 Å². The smallest absolute Gasteiger partial charge is 0.231 e. The molecule has 0 aromatic heterocycles. The van der Waals surface area contributed by atoms with Crippen molar-refractivity contribution in [3.05, 3.63) is 17.7 Å². The molecule has 0 aliphatic carbocycles. The molecule has 0 saturated heterocycles. The van der Waals surface area contributed by atoms with Crippen molar-refractivity contribution in [1.82, 2.24) is 5.32 Å². The molecule has 0 bridgehead atoms. The van der Waals surface area contributed by atoms with Gasteiger partial charge in [0.25, 0.3) is 0 Å². The van der Waals surface area contributed by atoms with Crippen LogP contribution in [0.4, 0.5) is 0 Å². The van der Waals surface area contributed by atoms with Crippen LogP contribution >= 0.6 is 0 Å². The van der Waals surface area contributed by atoms with Gasteiger partial charge < -0.3 is 24.3 Å². The predicted molar refractivity (Wildman–Crippen MR) is 79.7 cm³/mol. The van der Waals surface area contributed by atoms with E-state index in [4.69, 9.17) is 25.4 Å². The van der Waals surface area contributed by atoms with Gasteiger partial charge in [-0.25, -0.2) is 0 Å². The predicted octanol–water partition coefficient (Wildman–Crippen LogP) is 1.94. The summed E-state index contributed by atoms with van der Waals surface area (Å²) >= 11 is 0. The van der Waals surface area contributed by atoms with Crippen LogP contribution in [0.15, 0.2) is 12.1 Å². The zero-order chi connectivity index (χ0) is 14.9. The average molecular weight is 291 g/mol. The SMILES string of the molecule is C#CCCCOc1cc2c(cc1CNCCOC)OCO2. The van der Waals surface area contributed by atoms with Crippen molar-refractivity contribution in [2.24, 2.45) is 0 Å². The zero-order valence-electron chi connectivity index (χ0n) is 12.3. The minimum atomic E-state index is 0.256. The molecule has 5 nitrogen and oxygen atoms in total. The van der Waals surface area contributed by atoms with Gasteiger partial charge in [-0.05, 0) is 12.5 Å². The molecule has 2 rings (SSSR count). The molecule has 1 aliphatic heterocycles. The largest absolute Gasteiger partial charge is 0.493 e. The van der Waals surface area contributed by atoms with E-state index >= 15 is 0 Å². The number of unbranched alkanes of at least 4 members (excludes halogenated alkanes) is 1. The summed E-state index contributed by atoms with van der Waals surface area (Å²) < 4.78 is 21.6. The number of terminal acetylenes is 1. The van der Waals surface area contributed by atoms with Gasteiger partial charge in [-0.2, -0.15) is 0 Å². The fourth-order valence-electron chi connectivity index (χ4n) is 1.99. The van der Waals surface area contributed by atoms with Gasteiger partial charge in [0.1, 0.15) is 5.75 Å². The molecular weight excluding hydrogens is 270 g/mol. The summed E-state index contributed by atoms with van der Waals surface area (Å²) in [6, 6.07) is 3.84. The number of hydrogen-bond acceptors (Lipinski definition) is 5. The number of benzene rings is 1. The summed E-state index contributed by atoms with van der Waals surface area (Å²) in [5.74, 6) is 4.90. The molecule has 1 N–H and O–H groups in total. The highest BCUT2D eigenvalue weighted by molar-refractivity contribution is 5.51. The Balaban J connectivity index is 1.99. The Morgan fingerprint density at radius 1 is 1.29 bits per heavy atom. The molecule has 114 valence electrons. The summed E-state index contributed by atoms with van der Waals surface area (Å²) in [5.41, 5.74) is 1.04. The minimum absolute atomic E-state index is 0.256. The molecule has 0 amide bonds. The molecule has 0 fully saturated rings. The first-order chi connectivity index (χ1) is 10.3. The molecule has 21 heavy (non-hydrogen) atoms. The lowest BCUT2D eigenvalue weighted by atomic mass is 10.1. The van der Waals surface area contributed by atoms with Crippen molar-refractivity contribution in [2.75, 3.05) is 33.7 Å². The van der Waals surface area contributed by atoms with Gasteiger partial charge in [0.15, 0.2) is 11.5 Å². The number of ether oxygens (including phenoxy) is 4. The maximum absolute atomic E-state index is 5.82. The van der Waals surface area contributed by atoms with E-state index in [1.165, 1.54) is 0 Å². The average Bonchev–Trinajstić information content (AvgIpc) is 2.95. The van der Waals surface area contributed by atoms with Gasteiger partial charge in [0.2, 0.25) is 6.79 Å². The van der Waals surface area contributed by atoms with Gasteiger partial charge in [-0.3, -0.25) is 0 Å². The summed E-state index contributed by atoms with van der Waals surface area (Å²) in [6.07, 6.45) is 6.79. The van der Waals surface area contributed by atoms with Crippen molar-refractivity contribution >= 4 is 0 Å². The fraction of sp³-hybridized carbons (Fsp3) is 0.500. The molecule has 0 radical (unpaired) electrons. The van der Waals surface area contributed by atoms with Crippen LogP contribution in [-0.4, -0.2) is 33.7 Å². The number of hydrogen-bond donors (Lipinski definition) is 1. The van der Waals surface area contributed by atoms with Gasteiger partial charge in [0, 0.05) is 38.2 Å². The Hall–Kier alpha value is -1.90. The van der Waals surface area contributed by atoms with Crippen LogP contribution in [0.3, 0.4) is 0 Å². The highest BCUT2D eigenvalue weighted by atomic mass is 16.7. The molecule has 1 heterocycles. The van der Waals surface area contributed by atoms with E-state index in [-0.39, 0.29) is 6.79 Å². The number of nitrogens with one attached hydrogen (secondary N) is 1. The molecule has 1 aromatic rings. The molecule has 0 saturated carbocycles. The second kappa shape index (κ2) is 8.40. The van der Waals surface area contributed by atoms with Crippen molar-refractivity contribution in [2.45, 2.75) is 19.4 Å². The molecule has 0 spiro atoms. The lowest BCUT2D eigenvalue weighted by Gasteiger charge is -2.13. The first kappa shape index (κ1) is 15.5. The summed E-state index contributed by atoms with van der Waals surface area (Å²) in [4.78, 5) is 0. The van der Waals surface area contributed by atoms with Crippen molar-refractivity contribution < 1.29 is 18.9 Å². The van der Waals surface area contributed by atoms with Crippen LogP contribution < -0.4 is 19.5 Å². The number of fused-ring (bicyclic) bond motifs is 1. The Kier molecular flexibility index (Phi) is 6.20. The monoisotopic (exact) mass is 291 g/mol. The van der Waals surface area contributed by atoms with E-state index in [1.54, 1.807) is 7.11 Å². The van der Waals surface area contributed by atoms with Crippen molar-refractivity contribution in [3.8, 4) is 29.6 Å².